The van der Waals surface area contributed by atoms with E-state index in [1.165, 1.54) is 12.2 Å². The number of aliphatic carboxylic acids is 1. The van der Waals surface area contributed by atoms with Gasteiger partial charge in [0.05, 0.1) is 0 Å². The van der Waals surface area contributed by atoms with Crippen LogP contribution in [0.15, 0.2) is 29.3 Å². The van der Waals surface area contributed by atoms with Crippen molar-refractivity contribution in [3.05, 3.63) is 24.3 Å². The molecule has 0 aliphatic carbocycles. The highest BCUT2D eigenvalue weighted by Gasteiger charge is 2.17. The van der Waals surface area contributed by atoms with Crippen LogP contribution < -0.4 is 16.8 Å². The number of amides is 1. The molecule has 1 atom stereocenters. The number of carbonyl (C=O) groups is 3. The van der Waals surface area contributed by atoms with E-state index in [4.69, 9.17) is 16.6 Å². The summed E-state index contributed by atoms with van der Waals surface area (Å²) in [4.78, 5) is 37.3. The first-order valence-corrected chi connectivity index (χ1v) is 7.74. The standard InChI is InChI=1S/C16H26N4O4/c1-12(21)8-5-3-2-4-6-10-14(22)20-13(15(23)24)9-7-11-19-16(17)18/h2,4,6,10,13H,3,5,7-9,11H2,1H3,(H,20,22)(H,23,24)(H4,17,18,19)/b4-2+,10-6+. The molecule has 134 valence electrons. The zero-order valence-corrected chi connectivity index (χ0v) is 13.9. The van der Waals surface area contributed by atoms with E-state index in [2.05, 4.69) is 10.3 Å². The van der Waals surface area contributed by atoms with Gasteiger partial charge in [-0.2, -0.15) is 0 Å². The summed E-state index contributed by atoms with van der Waals surface area (Å²) in [5.41, 5.74) is 10.3. The van der Waals surface area contributed by atoms with Gasteiger partial charge in [0, 0.05) is 19.0 Å². The Kier molecular flexibility index (Phi) is 11.4. The van der Waals surface area contributed by atoms with Gasteiger partial charge in [-0.1, -0.05) is 18.2 Å². The highest BCUT2D eigenvalue weighted by atomic mass is 16.4. The van der Waals surface area contributed by atoms with E-state index < -0.39 is 17.9 Å². The van der Waals surface area contributed by atoms with Gasteiger partial charge in [-0.15, -0.1) is 0 Å². The third-order valence-corrected chi connectivity index (χ3v) is 2.95. The van der Waals surface area contributed by atoms with Crippen LogP contribution in [0, 0.1) is 0 Å². The zero-order valence-electron chi connectivity index (χ0n) is 13.9. The lowest BCUT2D eigenvalue weighted by Gasteiger charge is -2.12. The molecule has 1 amide bonds. The number of carbonyl (C=O) groups excluding carboxylic acids is 2. The highest BCUT2D eigenvalue weighted by molar-refractivity contribution is 5.91. The Bertz CT molecular complexity index is 508. The molecular formula is C16H26N4O4. The first-order chi connectivity index (χ1) is 11.3. The number of carboxylic acids is 1. The van der Waals surface area contributed by atoms with Crippen molar-refractivity contribution in [3.8, 4) is 0 Å². The summed E-state index contributed by atoms with van der Waals surface area (Å²) in [5.74, 6) is -1.50. The molecule has 0 rings (SSSR count). The van der Waals surface area contributed by atoms with E-state index in [1.54, 1.807) is 13.0 Å². The van der Waals surface area contributed by atoms with Crippen LogP contribution in [0.2, 0.25) is 0 Å². The summed E-state index contributed by atoms with van der Waals surface area (Å²) in [6, 6.07) is -0.990. The first kappa shape index (κ1) is 21.4. The van der Waals surface area contributed by atoms with Gasteiger partial charge in [-0.3, -0.25) is 9.79 Å². The van der Waals surface area contributed by atoms with Crippen LogP contribution in [-0.4, -0.2) is 41.3 Å². The van der Waals surface area contributed by atoms with Crippen LogP contribution in [-0.2, 0) is 14.4 Å². The maximum atomic E-state index is 11.7. The number of unbranched alkanes of at least 4 members (excludes halogenated alkanes) is 1. The molecule has 0 heterocycles. The highest BCUT2D eigenvalue weighted by Crippen LogP contribution is 2.00. The third kappa shape index (κ3) is 13.1. The van der Waals surface area contributed by atoms with Crippen molar-refractivity contribution in [3.63, 3.8) is 0 Å². The molecule has 0 fully saturated rings. The fourth-order valence-electron chi connectivity index (χ4n) is 1.77. The van der Waals surface area contributed by atoms with Crippen molar-refractivity contribution < 1.29 is 19.5 Å². The van der Waals surface area contributed by atoms with Crippen molar-refractivity contribution in [1.29, 1.82) is 0 Å². The summed E-state index contributed by atoms with van der Waals surface area (Å²) in [7, 11) is 0. The molecule has 1 unspecified atom stereocenters. The molecule has 0 aliphatic heterocycles. The normalized spacial score (nSPS) is 12.2. The van der Waals surface area contributed by atoms with Gasteiger partial charge in [0.15, 0.2) is 5.96 Å². The Labute approximate surface area is 141 Å². The summed E-state index contributed by atoms with van der Waals surface area (Å²) >= 11 is 0. The number of Topliss-reactive ketones (excluding diaryl/α,β-unsaturated/α-hetero) is 1. The van der Waals surface area contributed by atoms with Gasteiger partial charge in [-0.05, 0) is 32.6 Å². The number of hydrogen-bond acceptors (Lipinski definition) is 4. The fourth-order valence-corrected chi connectivity index (χ4v) is 1.77. The van der Waals surface area contributed by atoms with Crippen molar-refractivity contribution in [2.75, 3.05) is 6.54 Å². The minimum Gasteiger partial charge on any atom is -0.480 e. The molecule has 0 aromatic heterocycles. The minimum absolute atomic E-state index is 0.0519. The molecule has 8 nitrogen and oxygen atoms in total. The minimum atomic E-state index is -1.11. The SMILES string of the molecule is CC(=O)CCC/C=C/C=C/C(=O)NC(CCCN=C(N)N)C(=O)O. The number of nitrogens with one attached hydrogen (secondary N) is 1. The summed E-state index contributed by atoms with van der Waals surface area (Å²) in [6.45, 7) is 1.85. The van der Waals surface area contributed by atoms with E-state index in [9.17, 15) is 14.4 Å². The van der Waals surface area contributed by atoms with Crippen molar-refractivity contribution in [1.82, 2.24) is 5.32 Å². The van der Waals surface area contributed by atoms with Gasteiger partial charge in [0.25, 0.3) is 0 Å². The number of nitrogens with zero attached hydrogens (tertiary/aromatic N) is 1. The molecule has 8 heteroatoms. The van der Waals surface area contributed by atoms with E-state index in [0.29, 0.717) is 19.4 Å². The predicted molar refractivity (Wildman–Crippen MR) is 92.3 cm³/mol. The number of aliphatic imine (C=N–C) groups is 1. The number of hydrogen-bond donors (Lipinski definition) is 4. The third-order valence-electron chi connectivity index (χ3n) is 2.95. The Morgan fingerprint density at radius 3 is 2.50 bits per heavy atom. The predicted octanol–water partition coefficient (Wildman–Crippen LogP) is 0.481. The van der Waals surface area contributed by atoms with Gasteiger partial charge in [-0.25, -0.2) is 4.79 Å². The Hall–Kier alpha value is -2.64. The molecule has 0 aromatic carbocycles. The molecule has 0 spiro atoms. The van der Waals surface area contributed by atoms with Crippen LogP contribution in [0.25, 0.3) is 0 Å². The topological polar surface area (TPSA) is 148 Å². The second-order valence-corrected chi connectivity index (χ2v) is 5.23. The number of rotatable bonds is 12. The zero-order chi connectivity index (χ0) is 18.4. The largest absolute Gasteiger partial charge is 0.480 e. The first-order valence-electron chi connectivity index (χ1n) is 7.74. The van der Waals surface area contributed by atoms with Crippen molar-refractivity contribution >= 4 is 23.6 Å². The lowest BCUT2D eigenvalue weighted by atomic mass is 10.1. The number of guanidine groups is 1. The van der Waals surface area contributed by atoms with Crippen LogP contribution in [0.4, 0.5) is 0 Å². The molecular weight excluding hydrogens is 312 g/mol. The maximum Gasteiger partial charge on any atom is 0.326 e. The smallest absolute Gasteiger partial charge is 0.326 e. The summed E-state index contributed by atoms with van der Waals surface area (Å²) in [5, 5.41) is 11.5. The van der Waals surface area contributed by atoms with Crippen LogP contribution in [0.1, 0.15) is 39.0 Å². The second kappa shape index (κ2) is 12.9. The number of ketones is 1. The van der Waals surface area contributed by atoms with Gasteiger partial charge in [0.2, 0.25) is 5.91 Å². The molecule has 0 aliphatic rings. The maximum absolute atomic E-state index is 11.7. The van der Waals surface area contributed by atoms with E-state index in [-0.39, 0.29) is 18.2 Å². The summed E-state index contributed by atoms with van der Waals surface area (Å²) in [6.07, 6.45) is 9.03. The van der Waals surface area contributed by atoms with E-state index in [0.717, 1.165) is 12.8 Å². The van der Waals surface area contributed by atoms with Gasteiger partial charge >= 0.3 is 5.97 Å². The monoisotopic (exact) mass is 338 g/mol. The number of allylic oxidation sites excluding steroid dienone is 3. The van der Waals surface area contributed by atoms with Crippen LogP contribution in [0.3, 0.4) is 0 Å². The van der Waals surface area contributed by atoms with E-state index in [1.807, 2.05) is 6.08 Å². The van der Waals surface area contributed by atoms with Crippen LogP contribution >= 0.6 is 0 Å². The molecule has 0 aromatic rings. The van der Waals surface area contributed by atoms with Crippen molar-refractivity contribution in [2.45, 2.75) is 45.1 Å². The van der Waals surface area contributed by atoms with Crippen molar-refractivity contribution in [2.24, 2.45) is 16.5 Å². The summed E-state index contributed by atoms with van der Waals surface area (Å²) < 4.78 is 0. The quantitative estimate of drug-likeness (QED) is 0.134. The average molecular weight is 338 g/mol. The average Bonchev–Trinajstić information content (AvgIpc) is 2.48. The second-order valence-electron chi connectivity index (χ2n) is 5.23. The van der Waals surface area contributed by atoms with Gasteiger partial charge < -0.3 is 26.7 Å². The van der Waals surface area contributed by atoms with Gasteiger partial charge in [0.1, 0.15) is 11.8 Å². The Morgan fingerprint density at radius 2 is 1.92 bits per heavy atom. The molecule has 6 N–H and O–H groups in total. The van der Waals surface area contributed by atoms with E-state index >= 15 is 0 Å². The molecule has 0 saturated carbocycles. The number of nitrogens with two attached hydrogens (primary N) is 2. The number of carboxylic acid groups (broad SMARTS) is 1. The Balaban J connectivity index is 4.16. The molecule has 0 bridgehead atoms. The fraction of sp³-hybridized carbons (Fsp3) is 0.500. The Morgan fingerprint density at radius 1 is 1.21 bits per heavy atom. The lowest BCUT2D eigenvalue weighted by molar-refractivity contribution is -0.141. The molecule has 0 saturated heterocycles. The lowest BCUT2D eigenvalue weighted by Crippen LogP contribution is -2.40. The molecule has 0 radical (unpaired) electrons. The van der Waals surface area contributed by atoms with Crippen LogP contribution in [0.5, 0.6) is 0 Å². The molecule has 24 heavy (non-hydrogen) atoms.